The van der Waals surface area contributed by atoms with Gasteiger partial charge >= 0.3 is 0 Å². The van der Waals surface area contributed by atoms with Crippen molar-refractivity contribution in [3.63, 3.8) is 0 Å². The fourth-order valence-electron chi connectivity index (χ4n) is 2.69. The summed E-state index contributed by atoms with van der Waals surface area (Å²) in [6, 6.07) is 17.5. The monoisotopic (exact) mass is 290 g/mol. The van der Waals surface area contributed by atoms with Gasteiger partial charge in [0.1, 0.15) is 5.52 Å². The molecule has 0 fully saturated rings. The lowest BCUT2D eigenvalue weighted by Crippen LogP contribution is -2.16. The molecule has 2 aromatic heterocycles. The molecule has 4 aromatic rings. The van der Waals surface area contributed by atoms with Crippen LogP contribution < -0.4 is 11.0 Å². The van der Waals surface area contributed by atoms with E-state index in [0.29, 0.717) is 10.9 Å². The van der Waals surface area contributed by atoms with Crippen LogP contribution in [-0.4, -0.2) is 14.5 Å². The number of hydrogen-bond acceptors (Lipinski definition) is 3. The van der Waals surface area contributed by atoms with E-state index in [0.717, 1.165) is 16.6 Å². The van der Waals surface area contributed by atoms with Gasteiger partial charge in [-0.15, -0.1) is 0 Å². The van der Waals surface area contributed by atoms with Crippen molar-refractivity contribution in [3.05, 3.63) is 71.1 Å². The van der Waals surface area contributed by atoms with Gasteiger partial charge in [0.15, 0.2) is 0 Å². The Morgan fingerprint density at radius 1 is 0.955 bits per heavy atom. The van der Waals surface area contributed by atoms with Gasteiger partial charge in [0.2, 0.25) is 0 Å². The molecular formula is C17H14N4O. The quantitative estimate of drug-likeness (QED) is 0.617. The molecule has 0 atom stereocenters. The van der Waals surface area contributed by atoms with Crippen molar-refractivity contribution in [1.29, 1.82) is 0 Å². The van der Waals surface area contributed by atoms with Gasteiger partial charge in [0, 0.05) is 12.4 Å². The first-order valence-corrected chi connectivity index (χ1v) is 7.03. The zero-order chi connectivity index (χ0) is 15.1. The number of fused-ring (bicyclic) bond motifs is 3. The average molecular weight is 290 g/mol. The topological polar surface area (TPSA) is 51.9 Å². The van der Waals surface area contributed by atoms with E-state index < -0.39 is 0 Å². The van der Waals surface area contributed by atoms with Crippen LogP contribution >= 0.6 is 0 Å². The second kappa shape index (κ2) is 4.73. The maximum absolute atomic E-state index is 12.5. The predicted molar refractivity (Wildman–Crippen MR) is 87.9 cm³/mol. The van der Waals surface area contributed by atoms with Crippen LogP contribution in [0.1, 0.15) is 0 Å². The highest BCUT2D eigenvalue weighted by Crippen LogP contribution is 2.20. The van der Waals surface area contributed by atoms with Crippen LogP contribution in [0.15, 0.2) is 65.6 Å². The number of aromatic nitrogens is 3. The van der Waals surface area contributed by atoms with Crippen LogP contribution in [0, 0.1) is 0 Å². The van der Waals surface area contributed by atoms with E-state index in [2.05, 4.69) is 10.5 Å². The number of nitrogens with zero attached hydrogens (tertiary/aromatic N) is 3. The van der Waals surface area contributed by atoms with Gasteiger partial charge in [-0.05, 0) is 18.2 Å². The van der Waals surface area contributed by atoms with Crippen LogP contribution in [0.3, 0.4) is 0 Å². The molecule has 2 aromatic carbocycles. The summed E-state index contributed by atoms with van der Waals surface area (Å²) in [7, 11) is 1.78. The van der Waals surface area contributed by atoms with Gasteiger partial charge in [0.25, 0.3) is 5.56 Å². The van der Waals surface area contributed by atoms with Crippen molar-refractivity contribution >= 4 is 27.5 Å². The van der Waals surface area contributed by atoms with E-state index in [1.54, 1.807) is 22.6 Å². The lowest BCUT2D eigenvalue weighted by Gasteiger charge is -2.04. The van der Waals surface area contributed by atoms with E-state index in [9.17, 15) is 4.79 Å². The number of hydrogen-bond donors (Lipinski definition) is 1. The lowest BCUT2D eigenvalue weighted by molar-refractivity contribution is 0.817. The Hall–Kier alpha value is -3.08. The van der Waals surface area contributed by atoms with Crippen LogP contribution in [-0.2, 0) is 7.05 Å². The Kier molecular flexibility index (Phi) is 2.72. The van der Waals surface area contributed by atoms with Crippen molar-refractivity contribution in [2.24, 2.45) is 7.05 Å². The van der Waals surface area contributed by atoms with Crippen molar-refractivity contribution in [1.82, 2.24) is 14.5 Å². The minimum atomic E-state index is -0.0465. The molecule has 1 N–H and O–H groups in total. The van der Waals surface area contributed by atoms with Gasteiger partial charge in [-0.25, -0.2) is 0 Å². The van der Waals surface area contributed by atoms with E-state index in [-0.39, 0.29) is 5.56 Å². The fourth-order valence-corrected chi connectivity index (χ4v) is 2.69. The highest BCUT2D eigenvalue weighted by atomic mass is 16.1. The number of rotatable bonds is 2. The normalized spacial score (nSPS) is 11.1. The number of para-hydroxylation sites is 2. The molecule has 0 aliphatic heterocycles. The molecule has 0 bridgehead atoms. The molecular weight excluding hydrogens is 276 g/mol. The van der Waals surface area contributed by atoms with Gasteiger partial charge in [-0.2, -0.15) is 9.89 Å². The Labute approximate surface area is 126 Å². The summed E-state index contributed by atoms with van der Waals surface area (Å²) in [6.07, 6.45) is 1.73. The molecule has 5 heteroatoms. The van der Waals surface area contributed by atoms with E-state index in [4.69, 9.17) is 0 Å². The van der Waals surface area contributed by atoms with Crippen molar-refractivity contribution < 1.29 is 0 Å². The SMILES string of the molecule is Cn1c(=O)c2cn(Nc3ccccc3)nc2c2ccccc21. The maximum Gasteiger partial charge on any atom is 0.261 e. The van der Waals surface area contributed by atoms with Crippen molar-refractivity contribution in [3.8, 4) is 0 Å². The van der Waals surface area contributed by atoms with E-state index in [1.165, 1.54) is 0 Å². The second-order valence-corrected chi connectivity index (χ2v) is 5.20. The average Bonchev–Trinajstić information content (AvgIpc) is 2.98. The van der Waals surface area contributed by atoms with Gasteiger partial charge in [-0.1, -0.05) is 36.4 Å². The molecule has 0 amide bonds. The van der Waals surface area contributed by atoms with E-state index >= 15 is 0 Å². The molecule has 108 valence electrons. The summed E-state index contributed by atoms with van der Waals surface area (Å²) in [5.74, 6) is 0. The summed E-state index contributed by atoms with van der Waals surface area (Å²) in [4.78, 5) is 14.1. The molecule has 0 aliphatic carbocycles. The first-order valence-electron chi connectivity index (χ1n) is 7.03. The summed E-state index contributed by atoms with van der Waals surface area (Å²) in [5, 5.41) is 6.10. The third-order valence-corrected chi connectivity index (χ3v) is 3.79. The van der Waals surface area contributed by atoms with Crippen molar-refractivity contribution in [2.45, 2.75) is 0 Å². The number of benzene rings is 2. The van der Waals surface area contributed by atoms with Crippen LogP contribution in [0.25, 0.3) is 21.8 Å². The highest BCUT2D eigenvalue weighted by Gasteiger charge is 2.12. The molecule has 4 rings (SSSR count). The van der Waals surface area contributed by atoms with Crippen LogP contribution in [0.4, 0.5) is 5.69 Å². The Bertz CT molecular complexity index is 1030. The van der Waals surface area contributed by atoms with Gasteiger partial charge in [0.05, 0.1) is 22.8 Å². The number of nitrogens with one attached hydrogen (secondary N) is 1. The molecule has 0 spiro atoms. The predicted octanol–water partition coefficient (Wildman–Crippen LogP) is 2.76. The molecule has 2 heterocycles. The number of aryl methyl sites for hydroxylation is 1. The first-order chi connectivity index (χ1) is 10.7. The Morgan fingerprint density at radius 3 is 2.50 bits per heavy atom. The Balaban J connectivity index is 1.96. The first kappa shape index (κ1) is 12.6. The lowest BCUT2D eigenvalue weighted by atomic mass is 10.1. The zero-order valence-electron chi connectivity index (χ0n) is 12.0. The molecule has 0 unspecified atom stereocenters. The molecule has 5 nitrogen and oxygen atoms in total. The zero-order valence-corrected chi connectivity index (χ0v) is 12.0. The third kappa shape index (κ3) is 1.87. The summed E-state index contributed by atoms with van der Waals surface area (Å²) in [6.45, 7) is 0. The van der Waals surface area contributed by atoms with Crippen LogP contribution in [0.5, 0.6) is 0 Å². The molecule has 0 saturated heterocycles. The number of pyridine rings is 1. The molecule has 0 aliphatic rings. The smallest absolute Gasteiger partial charge is 0.261 e. The minimum absolute atomic E-state index is 0.0465. The molecule has 22 heavy (non-hydrogen) atoms. The maximum atomic E-state index is 12.5. The standard InChI is InChI=1S/C17H14N4O/c1-20-15-10-6-5-9-13(15)16-14(17(20)22)11-21(19-16)18-12-7-3-2-4-8-12/h2-11,18H,1H3. The van der Waals surface area contributed by atoms with Crippen LogP contribution in [0.2, 0.25) is 0 Å². The number of anilines is 1. The summed E-state index contributed by atoms with van der Waals surface area (Å²) in [5.41, 5.74) is 5.62. The molecule has 0 radical (unpaired) electrons. The summed E-state index contributed by atoms with van der Waals surface area (Å²) < 4.78 is 1.66. The minimum Gasteiger partial charge on any atom is -0.311 e. The molecule has 0 saturated carbocycles. The van der Waals surface area contributed by atoms with Gasteiger partial charge in [-0.3, -0.25) is 10.2 Å². The highest BCUT2D eigenvalue weighted by molar-refractivity contribution is 6.02. The van der Waals surface area contributed by atoms with E-state index in [1.807, 2.05) is 54.6 Å². The fraction of sp³-hybridized carbons (Fsp3) is 0.0588. The second-order valence-electron chi connectivity index (χ2n) is 5.20. The third-order valence-electron chi connectivity index (χ3n) is 3.79. The largest absolute Gasteiger partial charge is 0.311 e. The Morgan fingerprint density at radius 2 is 1.68 bits per heavy atom. The summed E-state index contributed by atoms with van der Waals surface area (Å²) >= 11 is 0. The van der Waals surface area contributed by atoms with Gasteiger partial charge < -0.3 is 4.57 Å². The van der Waals surface area contributed by atoms with Crippen molar-refractivity contribution in [2.75, 3.05) is 5.43 Å².